The first-order valence-corrected chi connectivity index (χ1v) is 6.85. The van der Waals surface area contributed by atoms with Gasteiger partial charge in [-0.25, -0.2) is 0 Å². The summed E-state index contributed by atoms with van der Waals surface area (Å²) in [4.78, 5) is 14.2. The third-order valence-electron chi connectivity index (χ3n) is 3.88. The van der Waals surface area contributed by atoms with E-state index in [0.29, 0.717) is 30.2 Å². The Kier molecular flexibility index (Phi) is 4.05. The van der Waals surface area contributed by atoms with Crippen LogP contribution in [0.15, 0.2) is 36.0 Å². The van der Waals surface area contributed by atoms with Crippen molar-refractivity contribution >= 4 is 5.91 Å². The second-order valence-corrected chi connectivity index (χ2v) is 5.71. The van der Waals surface area contributed by atoms with E-state index in [1.807, 2.05) is 0 Å². The molecule has 1 heterocycles. The molecule has 0 spiro atoms. The summed E-state index contributed by atoms with van der Waals surface area (Å²) in [5.41, 5.74) is 1.31. The highest BCUT2D eigenvalue weighted by Crippen LogP contribution is 2.28. The third kappa shape index (κ3) is 2.92. The molecule has 0 aromatic rings. The fraction of sp³-hybridized carbons (Fsp3) is 0.562. The summed E-state index contributed by atoms with van der Waals surface area (Å²) >= 11 is 0. The number of likely N-dealkylation sites (tertiary alicyclic amines) is 1. The number of rotatable bonds is 3. The molecule has 1 aliphatic carbocycles. The Bertz CT molecular complexity index is 401. The Balaban J connectivity index is 2.01. The van der Waals surface area contributed by atoms with E-state index in [-0.39, 0.29) is 0 Å². The monoisotopic (exact) mass is 245 g/mol. The van der Waals surface area contributed by atoms with Gasteiger partial charge in [0.25, 0.3) is 0 Å². The molecule has 0 bridgehead atoms. The first-order chi connectivity index (χ1) is 8.58. The van der Waals surface area contributed by atoms with Crippen molar-refractivity contribution in [2.24, 2.45) is 11.8 Å². The Morgan fingerprint density at radius 2 is 2.22 bits per heavy atom. The highest BCUT2D eigenvalue weighted by Gasteiger charge is 2.33. The molecule has 0 aromatic carbocycles. The molecule has 98 valence electrons. The molecule has 18 heavy (non-hydrogen) atoms. The molecule has 2 aliphatic rings. The molecule has 1 amide bonds. The fourth-order valence-corrected chi connectivity index (χ4v) is 2.93. The Morgan fingerprint density at radius 1 is 1.44 bits per heavy atom. The van der Waals surface area contributed by atoms with Crippen molar-refractivity contribution in [2.45, 2.75) is 39.7 Å². The molecular formula is C16H23NO. The van der Waals surface area contributed by atoms with Crippen molar-refractivity contribution in [3.63, 3.8) is 0 Å². The zero-order chi connectivity index (χ0) is 13.1. The van der Waals surface area contributed by atoms with E-state index in [1.54, 1.807) is 0 Å². The van der Waals surface area contributed by atoms with Crippen LogP contribution in [0.3, 0.4) is 0 Å². The van der Waals surface area contributed by atoms with Gasteiger partial charge >= 0.3 is 0 Å². The molecule has 1 aliphatic heterocycles. The lowest BCUT2D eigenvalue weighted by Gasteiger charge is -2.30. The fourth-order valence-electron chi connectivity index (χ4n) is 2.93. The second kappa shape index (κ2) is 5.55. The maximum atomic E-state index is 12.1. The minimum absolute atomic E-state index is 0.313. The van der Waals surface area contributed by atoms with E-state index >= 15 is 0 Å². The van der Waals surface area contributed by atoms with Gasteiger partial charge in [0.15, 0.2) is 0 Å². The summed E-state index contributed by atoms with van der Waals surface area (Å²) in [5.74, 6) is 1.20. The molecule has 2 rings (SSSR count). The van der Waals surface area contributed by atoms with Crippen LogP contribution in [-0.2, 0) is 4.79 Å². The van der Waals surface area contributed by atoms with E-state index in [9.17, 15) is 4.79 Å². The molecular weight excluding hydrogens is 222 g/mol. The number of amides is 1. The van der Waals surface area contributed by atoms with Crippen LogP contribution in [0.25, 0.3) is 0 Å². The van der Waals surface area contributed by atoms with Crippen LogP contribution in [0, 0.1) is 11.8 Å². The van der Waals surface area contributed by atoms with Crippen LogP contribution in [0.5, 0.6) is 0 Å². The Hall–Kier alpha value is -1.31. The molecule has 0 aromatic heterocycles. The van der Waals surface area contributed by atoms with E-state index in [2.05, 4.69) is 56.1 Å². The topological polar surface area (TPSA) is 20.3 Å². The van der Waals surface area contributed by atoms with Crippen LogP contribution in [0.1, 0.15) is 33.6 Å². The van der Waals surface area contributed by atoms with Gasteiger partial charge in [-0.1, -0.05) is 36.0 Å². The summed E-state index contributed by atoms with van der Waals surface area (Å²) < 4.78 is 0. The van der Waals surface area contributed by atoms with Gasteiger partial charge in [-0.3, -0.25) is 4.79 Å². The molecule has 1 saturated heterocycles. The standard InChI is InChI=1S/C16H23NO/c1-12(2)9-14-10-16(18)17(11-14)13(3)15-7-5-4-6-8-15/h4-7,9,13-15H,8,10-11H2,1-3H3/t13-,14-,15?/m0/s1. The van der Waals surface area contributed by atoms with Crippen LogP contribution >= 0.6 is 0 Å². The summed E-state index contributed by atoms with van der Waals surface area (Å²) in [6.45, 7) is 7.27. The van der Waals surface area contributed by atoms with Crippen molar-refractivity contribution in [3.8, 4) is 0 Å². The molecule has 0 radical (unpaired) electrons. The second-order valence-electron chi connectivity index (χ2n) is 5.71. The van der Waals surface area contributed by atoms with Gasteiger partial charge in [0.2, 0.25) is 5.91 Å². The minimum Gasteiger partial charge on any atom is -0.339 e. The Labute approximate surface area is 110 Å². The van der Waals surface area contributed by atoms with E-state index in [1.165, 1.54) is 5.57 Å². The van der Waals surface area contributed by atoms with Crippen molar-refractivity contribution < 1.29 is 4.79 Å². The zero-order valence-corrected chi connectivity index (χ0v) is 11.6. The number of carbonyl (C=O) groups excluding carboxylic acids is 1. The maximum absolute atomic E-state index is 12.1. The van der Waals surface area contributed by atoms with Crippen LogP contribution in [0.2, 0.25) is 0 Å². The maximum Gasteiger partial charge on any atom is 0.223 e. The van der Waals surface area contributed by atoms with E-state index in [0.717, 1.165) is 13.0 Å². The lowest BCUT2D eigenvalue weighted by Crippen LogP contribution is -2.39. The Morgan fingerprint density at radius 3 is 2.83 bits per heavy atom. The van der Waals surface area contributed by atoms with Crippen LogP contribution < -0.4 is 0 Å². The molecule has 3 atom stereocenters. The smallest absolute Gasteiger partial charge is 0.223 e. The van der Waals surface area contributed by atoms with Crippen molar-refractivity contribution in [1.82, 2.24) is 4.90 Å². The van der Waals surface area contributed by atoms with Crippen molar-refractivity contribution in [1.29, 1.82) is 0 Å². The van der Waals surface area contributed by atoms with Gasteiger partial charge in [-0.15, -0.1) is 0 Å². The van der Waals surface area contributed by atoms with E-state index in [4.69, 9.17) is 0 Å². The van der Waals surface area contributed by atoms with Gasteiger partial charge in [-0.05, 0) is 27.2 Å². The lowest BCUT2D eigenvalue weighted by atomic mass is 9.93. The first-order valence-electron chi connectivity index (χ1n) is 6.85. The average Bonchev–Trinajstić information content (AvgIpc) is 2.69. The normalized spacial score (nSPS) is 28.6. The number of allylic oxidation sites excluding steroid dienone is 4. The highest BCUT2D eigenvalue weighted by molar-refractivity contribution is 5.79. The first kappa shape index (κ1) is 13.1. The zero-order valence-electron chi connectivity index (χ0n) is 11.6. The third-order valence-corrected chi connectivity index (χ3v) is 3.88. The summed E-state index contributed by atoms with van der Waals surface area (Å²) in [6.07, 6.45) is 12.6. The predicted molar refractivity (Wildman–Crippen MR) is 75.1 cm³/mol. The number of hydrogen-bond donors (Lipinski definition) is 0. The molecule has 2 heteroatoms. The average molecular weight is 245 g/mol. The number of carbonyl (C=O) groups is 1. The lowest BCUT2D eigenvalue weighted by molar-refractivity contribution is -0.130. The van der Waals surface area contributed by atoms with Crippen molar-refractivity contribution in [2.75, 3.05) is 6.54 Å². The molecule has 0 N–H and O–H groups in total. The number of nitrogens with zero attached hydrogens (tertiary/aromatic N) is 1. The minimum atomic E-state index is 0.313. The van der Waals surface area contributed by atoms with Crippen LogP contribution in [-0.4, -0.2) is 23.4 Å². The quantitative estimate of drug-likeness (QED) is 0.698. The van der Waals surface area contributed by atoms with Crippen molar-refractivity contribution in [3.05, 3.63) is 36.0 Å². The van der Waals surface area contributed by atoms with E-state index < -0.39 is 0 Å². The largest absolute Gasteiger partial charge is 0.339 e. The highest BCUT2D eigenvalue weighted by atomic mass is 16.2. The van der Waals surface area contributed by atoms with Gasteiger partial charge in [0.05, 0.1) is 0 Å². The predicted octanol–water partition coefficient (Wildman–Crippen LogP) is 3.32. The number of hydrogen-bond acceptors (Lipinski definition) is 1. The molecule has 0 saturated carbocycles. The molecule has 2 nitrogen and oxygen atoms in total. The van der Waals surface area contributed by atoms with Gasteiger partial charge in [0.1, 0.15) is 0 Å². The van der Waals surface area contributed by atoms with Gasteiger partial charge < -0.3 is 4.90 Å². The van der Waals surface area contributed by atoms with Gasteiger partial charge in [-0.2, -0.15) is 0 Å². The molecule has 1 fully saturated rings. The SMILES string of the molecule is CC(C)=C[C@H]1CC(=O)N([C@@H](C)C2C=CC=CC2)C1. The molecule has 1 unspecified atom stereocenters. The summed E-state index contributed by atoms with van der Waals surface area (Å²) in [5, 5.41) is 0. The summed E-state index contributed by atoms with van der Waals surface area (Å²) in [6, 6.07) is 0.314. The van der Waals surface area contributed by atoms with Gasteiger partial charge in [0, 0.05) is 30.8 Å². The summed E-state index contributed by atoms with van der Waals surface area (Å²) in [7, 11) is 0. The van der Waals surface area contributed by atoms with Crippen LogP contribution in [0.4, 0.5) is 0 Å².